The molecule has 0 aliphatic carbocycles. The molecule has 182 valence electrons. The normalized spacial score (nSPS) is 14.9. The van der Waals surface area contributed by atoms with E-state index in [2.05, 4.69) is 36.2 Å². The van der Waals surface area contributed by atoms with Crippen molar-refractivity contribution in [3.8, 4) is 5.69 Å². The zero-order chi connectivity index (χ0) is 24.6. The number of nitrogens with zero attached hydrogens (tertiary/aromatic N) is 6. The summed E-state index contributed by atoms with van der Waals surface area (Å²) < 4.78 is 7.22. The van der Waals surface area contributed by atoms with Gasteiger partial charge in [0.15, 0.2) is 11.5 Å². The first kappa shape index (κ1) is 22.2. The third-order valence-electron chi connectivity index (χ3n) is 6.55. The summed E-state index contributed by atoms with van der Waals surface area (Å²) in [5.74, 6) is 1.15. The van der Waals surface area contributed by atoms with Gasteiger partial charge in [0.1, 0.15) is 17.7 Å². The second-order valence-corrected chi connectivity index (χ2v) is 8.89. The first-order valence-corrected chi connectivity index (χ1v) is 12.0. The van der Waals surface area contributed by atoms with Crippen LogP contribution in [0.5, 0.6) is 0 Å². The molecule has 10 nitrogen and oxygen atoms in total. The van der Waals surface area contributed by atoms with Gasteiger partial charge in [-0.25, -0.2) is 19.9 Å². The van der Waals surface area contributed by atoms with E-state index in [9.17, 15) is 4.79 Å². The van der Waals surface area contributed by atoms with E-state index in [0.29, 0.717) is 46.9 Å². The summed E-state index contributed by atoms with van der Waals surface area (Å²) >= 11 is 0. The number of aromatic nitrogens is 6. The zero-order valence-electron chi connectivity index (χ0n) is 20.1. The SMILES string of the molecule is Cc1cccc2nc(C(C)Nc3ncnc4[nH]cnc34)n(-c3cccc(N4CCOCC4)c3)c(=O)c12. The Hall–Kier alpha value is -4.31. The molecule has 1 saturated heterocycles. The Morgan fingerprint density at radius 1 is 1.06 bits per heavy atom. The molecular formula is C26H26N8O2. The molecular weight excluding hydrogens is 456 g/mol. The summed E-state index contributed by atoms with van der Waals surface area (Å²) in [6.07, 6.45) is 3.06. The first-order valence-electron chi connectivity index (χ1n) is 12.0. The van der Waals surface area contributed by atoms with Gasteiger partial charge in [-0.3, -0.25) is 9.36 Å². The van der Waals surface area contributed by atoms with E-state index < -0.39 is 0 Å². The van der Waals surface area contributed by atoms with Crippen molar-refractivity contribution >= 4 is 33.6 Å². The molecule has 2 N–H and O–H groups in total. The average Bonchev–Trinajstić information content (AvgIpc) is 3.39. The highest BCUT2D eigenvalue weighted by molar-refractivity contribution is 5.83. The molecule has 0 radical (unpaired) electrons. The molecule has 1 unspecified atom stereocenters. The van der Waals surface area contributed by atoms with Crippen molar-refractivity contribution in [3.63, 3.8) is 0 Å². The number of benzene rings is 2. The molecule has 10 heteroatoms. The summed E-state index contributed by atoms with van der Waals surface area (Å²) in [7, 11) is 0. The Labute approximate surface area is 207 Å². The average molecular weight is 483 g/mol. The number of aryl methyl sites for hydroxylation is 1. The van der Waals surface area contributed by atoms with E-state index in [0.717, 1.165) is 30.0 Å². The Morgan fingerprint density at radius 2 is 1.86 bits per heavy atom. The largest absolute Gasteiger partial charge is 0.378 e. The number of fused-ring (bicyclic) bond motifs is 2. The molecule has 0 amide bonds. The summed E-state index contributed by atoms with van der Waals surface area (Å²) in [6, 6.07) is 13.4. The van der Waals surface area contributed by atoms with Gasteiger partial charge in [-0.2, -0.15) is 0 Å². The van der Waals surface area contributed by atoms with Crippen LogP contribution in [0.15, 0.2) is 59.9 Å². The molecule has 0 bridgehead atoms. The number of H-pyrrole nitrogens is 1. The number of ether oxygens (including phenoxy) is 1. The van der Waals surface area contributed by atoms with Crippen molar-refractivity contribution < 1.29 is 4.74 Å². The fourth-order valence-corrected chi connectivity index (χ4v) is 4.74. The van der Waals surface area contributed by atoms with Gasteiger partial charge in [0.25, 0.3) is 5.56 Å². The number of imidazole rings is 1. The van der Waals surface area contributed by atoms with Gasteiger partial charge in [0.2, 0.25) is 0 Å². The van der Waals surface area contributed by atoms with Crippen LogP contribution in [0.2, 0.25) is 0 Å². The Balaban J connectivity index is 1.51. The summed E-state index contributed by atoms with van der Waals surface area (Å²) in [6.45, 7) is 6.90. The van der Waals surface area contributed by atoms with Gasteiger partial charge in [-0.1, -0.05) is 18.2 Å². The maximum atomic E-state index is 14.0. The van der Waals surface area contributed by atoms with E-state index in [-0.39, 0.29) is 11.6 Å². The van der Waals surface area contributed by atoms with Crippen LogP contribution < -0.4 is 15.8 Å². The highest BCUT2D eigenvalue weighted by Crippen LogP contribution is 2.26. The van der Waals surface area contributed by atoms with Crippen LogP contribution in [-0.4, -0.2) is 55.8 Å². The van der Waals surface area contributed by atoms with Gasteiger partial charge in [0.05, 0.1) is 42.2 Å². The minimum absolute atomic E-state index is 0.103. The number of aromatic amines is 1. The topological polar surface area (TPSA) is 114 Å². The Morgan fingerprint density at radius 3 is 2.72 bits per heavy atom. The van der Waals surface area contributed by atoms with Crippen molar-refractivity contribution in [1.29, 1.82) is 0 Å². The molecule has 36 heavy (non-hydrogen) atoms. The fourth-order valence-electron chi connectivity index (χ4n) is 4.74. The standard InChI is InChI=1S/C26H26N8O2/c1-16-5-3-8-20-21(16)26(35)34(19-7-4-6-18(13-19)33-9-11-36-12-10-33)25(32-20)17(2)31-24-22-23(28-14-27-22)29-15-30-24/h3-8,13-15,17H,9-12H2,1-2H3,(H2,27,28,29,30,31). The van der Waals surface area contributed by atoms with Crippen molar-refractivity contribution in [3.05, 3.63) is 76.9 Å². The quantitative estimate of drug-likeness (QED) is 0.392. The summed E-state index contributed by atoms with van der Waals surface area (Å²) in [5, 5.41) is 4.01. The third-order valence-corrected chi connectivity index (χ3v) is 6.55. The monoisotopic (exact) mass is 482 g/mol. The second-order valence-electron chi connectivity index (χ2n) is 8.89. The lowest BCUT2D eigenvalue weighted by Gasteiger charge is -2.29. The summed E-state index contributed by atoms with van der Waals surface area (Å²) in [4.78, 5) is 37.2. The second kappa shape index (κ2) is 9.04. The minimum Gasteiger partial charge on any atom is -0.378 e. The van der Waals surface area contributed by atoms with Crippen molar-refractivity contribution in [2.75, 3.05) is 36.5 Å². The number of morpholine rings is 1. The molecule has 4 heterocycles. The Kier molecular flexibility index (Phi) is 5.57. The smallest absolute Gasteiger partial charge is 0.266 e. The minimum atomic E-state index is -0.357. The van der Waals surface area contributed by atoms with Gasteiger partial charge in [0, 0.05) is 18.8 Å². The van der Waals surface area contributed by atoms with Crippen LogP contribution in [0.3, 0.4) is 0 Å². The van der Waals surface area contributed by atoms with E-state index in [4.69, 9.17) is 9.72 Å². The van der Waals surface area contributed by atoms with Gasteiger partial charge in [-0.15, -0.1) is 0 Å². The van der Waals surface area contributed by atoms with Crippen LogP contribution >= 0.6 is 0 Å². The van der Waals surface area contributed by atoms with E-state index in [1.807, 2.05) is 50.2 Å². The first-order chi connectivity index (χ1) is 17.6. The Bertz CT molecular complexity index is 1620. The van der Waals surface area contributed by atoms with Crippen molar-refractivity contribution in [1.82, 2.24) is 29.5 Å². The highest BCUT2D eigenvalue weighted by atomic mass is 16.5. The van der Waals surface area contributed by atoms with Crippen molar-refractivity contribution in [2.24, 2.45) is 0 Å². The molecule has 3 aromatic heterocycles. The van der Waals surface area contributed by atoms with Crippen molar-refractivity contribution in [2.45, 2.75) is 19.9 Å². The number of hydrogen-bond acceptors (Lipinski definition) is 8. The maximum Gasteiger partial charge on any atom is 0.266 e. The number of rotatable bonds is 5. The van der Waals surface area contributed by atoms with E-state index in [1.54, 1.807) is 10.9 Å². The van der Waals surface area contributed by atoms with Crippen LogP contribution in [0, 0.1) is 6.92 Å². The van der Waals surface area contributed by atoms with E-state index >= 15 is 0 Å². The molecule has 1 atom stereocenters. The van der Waals surface area contributed by atoms with Gasteiger partial charge in [-0.05, 0) is 43.7 Å². The predicted molar refractivity (Wildman–Crippen MR) is 139 cm³/mol. The van der Waals surface area contributed by atoms with Crippen LogP contribution in [0.25, 0.3) is 27.8 Å². The molecule has 6 rings (SSSR count). The molecule has 2 aromatic carbocycles. The number of anilines is 2. The molecule has 1 fully saturated rings. The lowest BCUT2D eigenvalue weighted by atomic mass is 10.1. The van der Waals surface area contributed by atoms with E-state index in [1.165, 1.54) is 6.33 Å². The third kappa shape index (κ3) is 3.85. The van der Waals surface area contributed by atoms with Crippen LogP contribution in [-0.2, 0) is 4.74 Å². The molecule has 0 saturated carbocycles. The molecule has 0 spiro atoms. The molecule has 5 aromatic rings. The molecule has 1 aliphatic heterocycles. The zero-order valence-corrected chi connectivity index (χ0v) is 20.1. The highest BCUT2D eigenvalue weighted by Gasteiger charge is 2.21. The lowest BCUT2D eigenvalue weighted by Crippen LogP contribution is -2.36. The van der Waals surface area contributed by atoms with Gasteiger partial charge >= 0.3 is 0 Å². The molecule has 1 aliphatic rings. The van der Waals surface area contributed by atoms with Crippen LogP contribution in [0.4, 0.5) is 11.5 Å². The predicted octanol–water partition coefficient (Wildman–Crippen LogP) is 3.37. The maximum absolute atomic E-state index is 14.0. The number of nitrogens with one attached hydrogen (secondary N) is 2. The van der Waals surface area contributed by atoms with Crippen LogP contribution in [0.1, 0.15) is 24.4 Å². The lowest BCUT2D eigenvalue weighted by molar-refractivity contribution is 0.122. The summed E-state index contributed by atoms with van der Waals surface area (Å²) in [5.41, 5.74) is 4.53. The number of hydrogen-bond donors (Lipinski definition) is 2. The van der Waals surface area contributed by atoms with Gasteiger partial charge < -0.3 is 19.9 Å². The fraction of sp³-hybridized carbons (Fsp3) is 0.269.